The number of pyridine rings is 1. The van der Waals surface area contributed by atoms with E-state index in [0.29, 0.717) is 12.6 Å². The highest BCUT2D eigenvalue weighted by molar-refractivity contribution is 5.79. The third-order valence-corrected chi connectivity index (χ3v) is 3.09. The molecular weight excluding hydrogens is 224 g/mol. The van der Waals surface area contributed by atoms with Crippen LogP contribution in [-0.4, -0.2) is 17.6 Å². The van der Waals surface area contributed by atoms with Gasteiger partial charge in [0.1, 0.15) is 5.75 Å². The number of aromatic nitrogens is 1. The average Bonchev–Trinajstić information content (AvgIpc) is 2.43. The van der Waals surface area contributed by atoms with Gasteiger partial charge < -0.3 is 10.5 Å². The van der Waals surface area contributed by atoms with Gasteiger partial charge in [0.05, 0.1) is 12.1 Å². The second-order valence-corrected chi connectivity index (χ2v) is 4.52. The molecule has 0 fully saturated rings. The van der Waals surface area contributed by atoms with E-state index in [1.54, 1.807) is 6.20 Å². The molecule has 3 heteroatoms. The minimum atomic E-state index is 0.298. The Hall–Kier alpha value is -1.61. The van der Waals surface area contributed by atoms with Crippen LogP contribution in [0.15, 0.2) is 36.5 Å². The SMILES string of the molecule is CCC(N)CCCOc1ccc2cccnc2c1. The van der Waals surface area contributed by atoms with Crippen LogP contribution < -0.4 is 10.5 Å². The molecule has 1 heterocycles. The van der Waals surface area contributed by atoms with Crippen molar-refractivity contribution >= 4 is 10.9 Å². The molecule has 2 rings (SSSR count). The molecule has 2 N–H and O–H groups in total. The van der Waals surface area contributed by atoms with Crippen LogP contribution in [-0.2, 0) is 0 Å². The van der Waals surface area contributed by atoms with Crippen molar-refractivity contribution in [1.82, 2.24) is 4.98 Å². The summed E-state index contributed by atoms with van der Waals surface area (Å²) in [5.41, 5.74) is 6.83. The molecule has 1 aromatic carbocycles. The van der Waals surface area contributed by atoms with Crippen LogP contribution in [0.1, 0.15) is 26.2 Å². The maximum Gasteiger partial charge on any atom is 0.121 e. The maximum absolute atomic E-state index is 5.86. The number of nitrogens with zero attached hydrogens (tertiary/aromatic N) is 1. The topological polar surface area (TPSA) is 48.1 Å². The quantitative estimate of drug-likeness (QED) is 0.794. The van der Waals surface area contributed by atoms with Crippen molar-refractivity contribution in [3.63, 3.8) is 0 Å². The molecular formula is C15H20N2O. The van der Waals surface area contributed by atoms with Crippen LogP contribution in [0.5, 0.6) is 5.75 Å². The summed E-state index contributed by atoms with van der Waals surface area (Å²) in [6.07, 6.45) is 4.84. The molecule has 3 nitrogen and oxygen atoms in total. The van der Waals surface area contributed by atoms with Crippen molar-refractivity contribution in [1.29, 1.82) is 0 Å². The summed E-state index contributed by atoms with van der Waals surface area (Å²) in [6.45, 7) is 2.83. The zero-order chi connectivity index (χ0) is 12.8. The van der Waals surface area contributed by atoms with E-state index < -0.39 is 0 Å². The first-order chi connectivity index (χ1) is 8.79. The lowest BCUT2D eigenvalue weighted by Gasteiger charge is -2.10. The molecule has 0 radical (unpaired) electrons. The smallest absolute Gasteiger partial charge is 0.121 e. The summed E-state index contributed by atoms with van der Waals surface area (Å²) in [7, 11) is 0. The minimum absolute atomic E-state index is 0.298. The molecule has 1 atom stereocenters. The van der Waals surface area contributed by atoms with Crippen molar-refractivity contribution < 1.29 is 4.74 Å². The second kappa shape index (κ2) is 6.36. The molecule has 0 bridgehead atoms. The molecule has 18 heavy (non-hydrogen) atoms. The molecule has 0 saturated carbocycles. The fourth-order valence-electron chi connectivity index (χ4n) is 1.88. The van der Waals surface area contributed by atoms with Gasteiger partial charge in [-0.25, -0.2) is 0 Å². The van der Waals surface area contributed by atoms with Crippen LogP contribution in [0, 0.1) is 0 Å². The lowest BCUT2D eigenvalue weighted by molar-refractivity contribution is 0.301. The third kappa shape index (κ3) is 3.44. The first kappa shape index (κ1) is 12.8. The second-order valence-electron chi connectivity index (χ2n) is 4.52. The predicted octanol–water partition coefficient (Wildman–Crippen LogP) is 3.13. The Balaban J connectivity index is 1.88. The fourth-order valence-corrected chi connectivity index (χ4v) is 1.88. The Morgan fingerprint density at radius 1 is 1.33 bits per heavy atom. The summed E-state index contributed by atoms with van der Waals surface area (Å²) in [6, 6.07) is 10.3. The Morgan fingerprint density at radius 3 is 3.06 bits per heavy atom. The van der Waals surface area contributed by atoms with E-state index in [1.165, 1.54) is 0 Å². The Bertz CT molecular complexity index is 499. The highest BCUT2D eigenvalue weighted by atomic mass is 16.5. The number of ether oxygens (including phenoxy) is 1. The molecule has 0 aliphatic heterocycles. The summed E-state index contributed by atoms with van der Waals surface area (Å²) in [4.78, 5) is 4.31. The molecule has 0 aliphatic rings. The van der Waals surface area contributed by atoms with E-state index in [0.717, 1.165) is 35.9 Å². The normalized spacial score (nSPS) is 12.6. The zero-order valence-corrected chi connectivity index (χ0v) is 10.8. The monoisotopic (exact) mass is 244 g/mol. The number of fused-ring (bicyclic) bond motifs is 1. The molecule has 1 unspecified atom stereocenters. The van der Waals surface area contributed by atoms with Gasteiger partial charge in [-0.3, -0.25) is 4.98 Å². The number of hydrogen-bond acceptors (Lipinski definition) is 3. The zero-order valence-electron chi connectivity index (χ0n) is 10.8. The van der Waals surface area contributed by atoms with Gasteiger partial charge in [0, 0.05) is 23.7 Å². The van der Waals surface area contributed by atoms with E-state index >= 15 is 0 Å². The minimum Gasteiger partial charge on any atom is -0.494 e. The molecule has 0 amide bonds. The van der Waals surface area contributed by atoms with Crippen LogP contribution in [0.2, 0.25) is 0 Å². The van der Waals surface area contributed by atoms with Crippen LogP contribution in [0.4, 0.5) is 0 Å². The maximum atomic E-state index is 5.86. The van der Waals surface area contributed by atoms with Gasteiger partial charge in [0.25, 0.3) is 0 Å². The van der Waals surface area contributed by atoms with Crippen molar-refractivity contribution in [3.05, 3.63) is 36.5 Å². The molecule has 96 valence electrons. The van der Waals surface area contributed by atoms with Gasteiger partial charge in [-0.05, 0) is 37.5 Å². The molecule has 0 saturated heterocycles. The van der Waals surface area contributed by atoms with Crippen molar-refractivity contribution in [2.45, 2.75) is 32.2 Å². The van der Waals surface area contributed by atoms with E-state index in [-0.39, 0.29) is 0 Å². The highest BCUT2D eigenvalue weighted by Crippen LogP contribution is 2.18. The van der Waals surface area contributed by atoms with Gasteiger partial charge in [0.2, 0.25) is 0 Å². The summed E-state index contributed by atoms with van der Waals surface area (Å²) < 4.78 is 5.71. The van der Waals surface area contributed by atoms with Gasteiger partial charge in [0.15, 0.2) is 0 Å². The largest absolute Gasteiger partial charge is 0.494 e. The summed E-state index contributed by atoms with van der Waals surface area (Å²) >= 11 is 0. The van der Waals surface area contributed by atoms with E-state index in [4.69, 9.17) is 10.5 Å². The Labute approximate surface area is 108 Å². The number of nitrogens with two attached hydrogens (primary N) is 1. The van der Waals surface area contributed by atoms with Crippen LogP contribution in [0.25, 0.3) is 10.9 Å². The first-order valence-corrected chi connectivity index (χ1v) is 6.52. The van der Waals surface area contributed by atoms with Gasteiger partial charge in [-0.2, -0.15) is 0 Å². The van der Waals surface area contributed by atoms with Crippen LogP contribution >= 0.6 is 0 Å². The lowest BCUT2D eigenvalue weighted by atomic mass is 10.1. The van der Waals surface area contributed by atoms with E-state index in [1.807, 2.05) is 30.3 Å². The fraction of sp³-hybridized carbons (Fsp3) is 0.400. The Morgan fingerprint density at radius 2 is 2.22 bits per heavy atom. The van der Waals surface area contributed by atoms with Crippen molar-refractivity contribution in [2.75, 3.05) is 6.61 Å². The van der Waals surface area contributed by atoms with Gasteiger partial charge >= 0.3 is 0 Å². The average molecular weight is 244 g/mol. The first-order valence-electron chi connectivity index (χ1n) is 6.52. The Kier molecular flexibility index (Phi) is 4.53. The highest BCUT2D eigenvalue weighted by Gasteiger charge is 2.00. The summed E-state index contributed by atoms with van der Waals surface area (Å²) in [5.74, 6) is 0.881. The molecule has 2 aromatic rings. The van der Waals surface area contributed by atoms with Gasteiger partial charge in [-0.15, -0.1) is 0 Å². The summed E-state index contributed by atoms with van der Waals surface area (Å²) in [5, 5.41) is 1.14. The number of hydrogen-bond donors (Lipinski definition) is 1. The lowest BCUT2D eigenvalue weighted by Crippen LogP contribution is -2.19. The van der Waals surface area contributed by atoms with E-state index in [2.05, 4.69) is 11.9 Å². The molecule has 1 aromatic heterocycles. The predicted molar refractivity (Wildman–Crippen MR) is 74.7 cm³/mol. The van der Waals surface area contributed by atoms with Crippen molar-refractivity contribution in [2.24, 2.45) is 5.73 Å². The standard InChI is InChI=1S/C15H20N2O/c1-2-13(16)6-4-10-18-14-8-7-12-5-3-9-17-15(12)11-14/h3,5,7-9,11,13H,2,4,6,10,16H2,1H3. The third-order valence-electron chi connectivity index (χ3n) is 3.09. The molecule has 0 aliphatic carbocycles. The number of benzene rings is 1. The molecule has 0 spiro atoms. The van der Waals surface area contributed by atoms with Crippen LogP contribution in [0.3, 0.4) is 0 Å². The van der Waals surface area contributed by atoms with Gasteiger partial charge in [-0.1, -0.05) is 13.0 Å². The van der Waals surface area contributed by atoms with Crippen molar-refractivity contribution in [3.8, 4) is 5.75 Å². The van der Waals surface area contributed by atoms with E-state index in [9.17, 15) is 0 Å². The number of rotatable bonds is 6.